The molecule has 1 unspecified atom stereocenters. The van der Waals surface area contributed by atoms with Gasteiger partial charge in [-0.15, -0.1) is 0 Å². The highest BCUT2D eigenvalue weighted by molar-refractivity contribution is 5.83. The van der Waals surface area contributed by atoms with Crippen molar-refractivity contribution in [1.29, 1.82) is 0 Å². The van der Waals surface area contributed by atoms with Crippen LogP contribution in [-0.2, 0) is 9.53 Å². The molecule has 1 N–H and O–H groups in total. The van der Waals surface area contributed by atoms with Crippen LogP contribution in [0.3, 0.4) is 0 Å². The molecule has 1 aliphatic heterocycles. The molecule has 0 saturated carbocycles. The Balaban J connectivity index is 2.67. The Kier molecular flexibility index (Phi) is 8.22. The molecule has 1 amide bonds. The van der Waals surface area contributed by atoms with Crippen LogP contribution in [0.15, 0.2) is 0 Å². The first-order valence-corrected chi connectivity index (χ1v) is 8.19. The lowest BCUT2D eigenvalue weighted by Gasteiger charge is -2.39. The van der Waals surface area contributed by atoms with Crippen molar-refractivity contribution in [1.82, 2.24) is 15.1 Å². The average molecular weight is 299 g/mol. The molecule has 0 aromatic carbocycles. The van der Waals surface area contributed by atoms with E-state index < -0.39 is 0 Å². The largest absolute Gasteiger partial charge is 0.383 e. The molecule has 0 aliphatic carbocycles. The zero-order valence-corrected chi connectivity index (χ0v) is 14.3. The third-order valence-electron chi connectivity index (χ3n) is 4.49. The molecule has 0 aromatic rings. The van der Waals surface area contributed by atoms with E-state index in [0.29, 0.717) is 19.1 Å². The molecule has 0 aromatic heterocycles. The number of carbonyl (C=O) groups excluding carboxylic acids is 1. The lowest BCUT2D eigenvalue weighted by Crippen LogP contribution is -2.52. The van der Waals surface area contributed by atoms with Crippen LogP contribution in [0.5, 0.6) is 0 Å². The maximum atomic E-state index is 13.0. The van der Waals surface area contributed by atoms with Gasteiger partial charge >= 0.3 is 0 Å². The lowest BCUT2D eigenvalue weighted by atomic mass is 9.77. The highest BCUT2D eigenvalue weighted by Crippen LogP contribution is 2.32. The Morgan fingerprint density at radius 1 is 1.29 bits per heavy atom. The van der Waals surface area contributed by atoms with Gasteiger partial charge in [0.2, 0.25) is 5.91 Å². The molecule has 21 heavy (non-hydrogen) atoms. The van der Waals surface area contributed by atoms with Gasteiger partial charge in [-0.1, -0.05) is 6.92 Å². The maximum Gasteiger partial charge on any atom is 0.230 e. The SMILES string of the molecule is CCC1(C(=O)N(CCCN(C)C)CCOC)CCCNC1. The van der Waals surface area contributed by atoms with Gasteiger partial charge in [-0.2, -0.15) is 0 Å². The molecular formula is C16H33N3O2. The third-order valence-corrected chi connectivity index (χ3v) is 4.49. The highest BCUT2D eigenvalue weighted by atomic mass is 16.5. The van der Waals surface area contributed by atoms with Crippen LogP contribution < -0.4 is 5.32 Å². The summed E-state index contributed by atoms with van der Waals surface area (Å²) in [6.45, 7) is 7.13. The molecule has 1 fully saturated rings. The van der Waals surface area contributed by atoms with Crippen LogP contribution in [0.1, 0.15) is 32.6 Å². The number of amides is 1. The normalized spacial score (nSPS) is 22.5. The lowest BCUT2D eigenvalue weighted by molar-refractivity contribution is -0.144. The topological polar surface area (TPSA) is 44.8 Å². The quantitative estimate of drug-likeness (QED) is 0.695. The maximum absolute atomic E-state index is 13.0. The highest BCUT2D eigenvalue weighted by Gasteiger charge is 2.40. The molecule has 1 aliphatic rings. The number of methoxy groups -OCH3 is 1. The fraction of sp³-hybridized carbons (Fsp3) is 0.938. The molecule has 0 spiro atoms. The standard InChI is InChI=1S/C16H33N3O2/c1-5-16(8-6-9-17-14-16)15(20)19(12-13-21-4)11-7-10-18(2)3/h17H,5-14H2,1-4H3. The van der Waals surface area contributed by atoms with Crippen molar-refractivity contribution in [2.45, 2.75) is 32.6 Å². The Bertz CT molecular complexity index is 302. The molecule has 1 heterocycles. The first-order chi connectivity index (χ1) is 10.1. The van der Waals surface area contributed by atoms with Gasteiger partial charge < -0.3 is 19.9 Å². The van der Waals surface area contributed by atoms with Crippen molar-refractivity contribution in [3.05, 3.63) is 0 Å². The van der Waals surface area contributed by atoms with E-state index in [2.05, 4.69) is 31.2 Å². The molecular weight excluding hydrogens is 266 g/mol. The second kappa shape index (κ2) is 9.38. The molecule has 1 atom stereocenters. The van der Waals surface area contributed by atoms with E-state index in [0.717, 1.165) is 51.9 Å². The van der Waals surface area contributed by atoms with Crippen LogP contribution >= 0.6 is 0 Å². The van der Waals surface area contributed by atoms with E-state index in [9.17, 15) is 4.79 Å². The minimum Gasteiger partial charge on any atom is -0.383 e. The minimum absolute atomic E-state index is 0.204. The van der Waals surface area contributed by atoms with E-state index in [1.165, 1.54) is 0 Å². The summed E-state index contributed by atoms with van der Waals surface area (Å²) in [5, 5.41) is 3.41. The smallest absolute Gasteiger partial charge is 0.230 e. The van der Waals surface area contributed by atoms with Crippen molar-refractivity contribution in [3.8, 4) is 0 Å². The molecule has 0 radical (unpaired) electrons. The Morgan fingerprint density at radius 2 is 2.05 bits per heavy atom. The summed E-state index contributed by atoms with van der Waals surface area (Å²) in [6, 6.07) is 0. The van der Waals surface area contributed by atoms with Gasteiger partial charge in [0.05, 0.1) is 12.0 Å². The van der Waals surface area contributed by atoms with Crippen LogP contribution in [0, 0.1) is 5.41 Å². The third kappa shape index (κ3) is 5.57. The van der Waals surface area contributed by atoms with Crippen molar-refractivity contribution in [2.75, 3.05) is 60.5 Å². The van der Waals surface area contributed by atoms with Crippen LogP contribution in [-0.4, -0.2) is 76.2 Å². The van der Waals surface area contributed by atoms with E-state index in [1.54, 1.807) is 7.11 Å². The van der Waals surface area contributed by atoms with Crippen LogP contribution in [0.2, 0.25) is 0 Å². The summed E-state index contributed by atoms with van der Waals surface area (Å²) in [6.07, 6.45) is 4.02. The van der Waals surface area contributed by atoms with Gasteiger partial charge in [0, 0.05) is 26.7 Å². The minimum atomic E-state index is -0.204. The number of nitrogens with one attached hydrogen (secondary N) is 1. The van der Waals surface area contributed by atoms with Crippen molar-refractivity contribution in [3.63, 3.8) is 0 Å². The van der Waals surface area contributed by atoms with Gasteiger partial charge in [-0.05, 0) is 52.9 Å². The molecule has 5 heteroatoms. The molecule has 1 saturated heterocycles. The van der Waals surface area contributed by atoms with Gasteiger partial charge in [0.15, 0.2) is 0 Å². The van der Waals surface area contributed by atoms with E-state index in [1.807, 2.05) is 4.90 Å². The number of carbonyl (C=O) groups is 1. The number of piperidine rings is 1. The zero-order chi connectivity index (χ0) is 15.7. The second-order valence-electron chi connectivity index (χ2n) is 6.36. The van der Waals surface area contributed by atoms with Gasteiger partial charge in [-0.25, -0.2) is 0 Å². The summed E-state index contributed by atoms with van der Waals surface area (Å²) in [4.78, 5) is 17.2. The van der Waals surface area contributed by atoms with Gasteiger partial charge in [-0.3, -0.25) is 4.79 Å². The van der Waals surface area contributed by atoms with E-state index in [-0.39, 0.29) is 5.41 Å². The molecule has 124 valence electrons. The Morgan fingerprint density at radius 3 is 2.57 bits per heavy atom. The predicted octanol–water partition coefficient (Wildman–Crippen LogP) is 1.19. The van der Waals surface area contributed by atoms with Gasteiger partial charge in [0.1, 0.15) is 0 Å². The Labute approximate surface area is 130 Å². The molecule has 5 nitrogen and oxygen atoms in total. The van der Waals surface area contributed by atoms with Crippen molar-refractivity contribution in [2.24, 2.45) is 5.41 Å². The van der Waals surface area contributed by atoms with E-state index in [4.69, 9.17) is 4.74 Å². The monoisotopic (exact) mass is 299 g/mol. The molecule has 0 bridgehead atoms. The first kappa shape index (κ1) is 18.4. The Hall–Kier alpha value is -0.650. The predicted molar refractivity (Wildman–Crippen MR) is 86.5 cm³/mol. The number of hydrogen-bond acceptors (Lipinski definition) is 4. The summed E-state index contributed by atoms with van der Waals surface area (Å²) in [7, 11) is 5.83. The average Bonchev–Trinajstić information content (AvgIpc) is 2.50. The van der Waals surface area contributed by atoms with E-state index >= 15 is 0 Å². The fourth-order valence-electron chi connectivity index (χ4n) is 3.03. The van der Waals surface area contributed by atoms with Crippen LogP contribution in [0.4, 0.5) is 0 Å². The van der Waals surface area contributed by atoms with Crippen molar-refractivity contribution >= 4 is 5.91 Å². The zero-order valence-electron chi connectivity index (χ0n) is 14.3. The van der Waals surface area contributed by atoms with Gasteiger partial charge in [0.25, 0.3) is 0 Å². The number of ether oxygens (including phenoxy) is 1. The fourth-order valence-corrected chi connectivity index (χ4v) is 3.03. The summed E-state index contributed by atoms with van der Waals surface area (Å²) in [5.74, 6) is 0.313. The summed E-state index contributed by atoms with van der Waals surface area (Å²) in [5.41, 5.74) is -0.204. The second-order valence-corrected chi connectivity index (χ2v) is 6.36. The summed E-state index contributed by atoms with van der Waals surface area (Å²) < 4.78 is 5.18. The number of rotatable bonds is 9. The molecule has 1 rings (SSSR count). The first-order valence-electron chi connectivity index (χ1n) is 8.19. The van der Waals surface area contributed by atoms with Crippen LogP contribution in [0.25, 0.3) is 0 Å². The summed E-state index contributed by atoms with van der Waals surface area (Å²) >= 11 is 0. The van der Waals surface area contributed by atoms with Crippen molar-refractivity contribution < 1.29 is 9.53 Å². The number of hydrogen-bond donors (Lipinski definition) is 1. The number of nitrogens with zero attached hydrogens (tertiary/aromatic N) is 2.